The number of thioether (sulfide) groups is 1. The Morgan fingerprint density at radius 2 is 1.79 bits per heavy atom. The maximum absolute atomic E-state index is 13.0. The molecule has 0 spiro atoms. The standard InChI is InChI=1S/C22H19N5O5S/c1-25-19-17(21(28)26(2)22(25)29)20(33-12-13-5-4-6-15(11-13)27(30)31)24-18(23-19)14-7-9-16(32-3)10-8-14/h4-11H,12H2,1-3H3. The number of nitro benzene ring substituents is 1. The Bertz CT molecular complexity index is 1490. The van der Waals surface area contributed by atoms with Gasteiger partial charge in [0.05, 0.1) is 12.0 Å². The van der Waals surface area contributed by atoms with Crippen molar-refractivity contribution in [1.82, 2.24) is 19.1 Å². The summed E-state index contributed by atoms with van der Waals surface area (Å²) in [4.78, 5) is 45.2. The summed E-state index contributed by atoms with van der Waals surface area (Å²) in [6.45, 7) is 0. The normalized spacial score (nSPS) is 11.0. The summed E-state index contributed by atoms with van der Waals surface area (Å²) >= 11 is 1.25. The first-order valence-electron chi connectivity index (χ1n) is 9.78. The number of rotatable bonds is 6. The van der Waals surface area contributed by atoms with Crippen LogP contribution >= 0.6 is 11.8 Å². The molecule has 0 aliphatic heterocycles. The van der Waals surface area contributed by atoms with E-state index in [1.54, 1.807) is 50.6 Å². The number of hydrogen-bond acceptors (Lipinski definition) is 8. The van der Waals surface area contributed by atoms with E-state index in [-0.39, 0.29) is 16.7 Å². The fourth-order valence-electron chi connectivity index (χ4n) is 3.31. The third-order valence-corrected chi connectivity index (χ3v) is 6.16. The van der Waals surface area contributed by atoms with Gasteiger partial charge in [-0.3, -0.25) is 24.0 Å². The molecule has 0 bridgehead atoms. The highest BCUT2D eigenvalue weighted by Gasteiger charge is 2.18. The van der Waals surface area contributed by atoms with Gasteiger partial charge in [-0.2, -0.15) is 0 Å². The van der Waals surface area contributed by atoms with Crippen LogP contribution in [0.1, 0.15) is 5.56 Å². The number of nitro groups is 1. The second-order valence-electron chi connectivity index (χ2n) is 7.20. The number of methoxy groups -OCH3 is 1. The van der Waals surface area contributed by atoms with Gasteiger partial charge in [0.2, 0.25) is 0 Å². The summed E-state index contributed by atoms with van der Waals surface area (Å²) < 4.78 is 7.51. The van der Waals surface area contributed by atoms with Crippen LogP contribution in [0.2, 0.25) is 0 Å². The molecule has 10 nitrogen and oxygen atoms in total. The lowest BCUT2D eigenvalue weighted by Crippen LogP contribution is -2.37. The van der Waals surface area contributed by atoms with E-state index in [0.29, 0.717) is 33.5 Å². The van der Waals surface area contributed by atoms with Crippen molar-refractivity contribution in [2.24, 2.45) is 14.1 Å². The minimum absolute atomic E-state index is 0.0159. The van der Waals surface area contributed by atoms with Gasteiger partial charge in [0, 0.05) is 37.5 Å². The molecular weight excluding hydrogens is 446 g/mol. The summed E-state index contributed by atoms with van der Waals surface area (Å²) in [5.41, 5.74) is 0.581. The summed E-state index contributed by atoms with van der Waals surface area (Å²) in [7, 11) is 4.51. The smallest absolute Gasteiger partial charge is 0.332 e. The zero-order valence-corrected chi connectivity index (χ0v) is 18.8. The van der Waals surface area contributed by atoms with Crippen LogP contribution in [0.25, 0.3) is 22.4 Å². The van der Waals surface area contributed by atoms with Crippen molar-refractivity contribution in [1.29, 1.82) is 0 Å². The Kier molecular flexibility index (Phi) is 5.97. The zero-order valence-electron chi connectivity index (χ0n) is 18.0. The number of hydrogen-bond donors (Lipinski definition) is 0. The Balaban J connectivity index is 1.87. The Morgan fingerprint density at radius 1 is 1.06 bits per heavy atom. The highest BCUT2D eigenvalue weighted by atomic mass is 32.2. The van der Waals surface area contributed by atoms with E-state index < -0.39 is 16.2 Å². The molecule has 0 fully saturated rings. The lowest BCUT2D eigenvalue weighted by Gasteiger charge is -2.12. The van der Waals surface area contributed by atoms with Crippen LogP contribution in [0.4, 0.5) is 5.69 Å². The summed E-state index contributed by atoms with van der Waals surface area (Å²) in [5, 5.41) is 11.7. The largest absolute Gasteiger partial charge is 0.497 e. The highest BCUT2D eigenvalue weighted by Crippen LogP contribution is 2.29. The van der Waals surface area contributed by atoms with Crippen molar-refractivity contribution in [2.75, 3.05) is 7.11 Å². The molecule has 2 aromatic carbocycles. The zero-order chi connectivity index (χ0) is 23.7. The topological polar surface area (TPSA) is 122 Å². The molecule has 0 aliphatic carbocycles. The third kappa shape index (κ3) is 4.22. The van der Waals surface area contributed by atoms with Crippen molar-refractivity contribution in [3.05, 3.63) is 85.0 Å². The molecule has 0 radical (unpaired) electrons. The molecular formula is C22H19N5O5S. The van der Waals surface area contributed by atoms with Crippen LogP contribution in [0.15, 0.2) is 63.1 Å². The fraction of sp³-hybridized carbons (Fsp3) is 0.182. The van der Waals surface area contributed by atoms with Crippen molar-refractivity contribution in [3.63, 3.8) is 0 Å². The van der Waals surface area contributed by atoms with Gasteiger partial charge in [0.1, 0.15) is 16.2 Å². The van der Waals surface area contributed by atoms with E-state index in [2.05, 4.69) is 9.97 Å². The van der Waals surface area contributed by atoms with E-state index in [0.717, 1.165) is 4.57 Å². The van der Waals surface area contributed by atoms with E-state index >= 15 is 0 Å². The Hall–Kier alpha value is -3.99. The number of aromatic nitrogens is 4. The predicted octanol–water partition coefficient (Wildman–Crippen LogP) is 2.90. The molecule has 0 amide bonds. The van der Waals surface area contributed by atoms with Crippen molar-refractivity contribution in [3.8, 4) is 17.1 Å². The number of ether oxygens (including phenoxy) is 1. The molecule has 2 heterocycles. The number of benzene rings is 2. The van der Waals surface area contributed by atoms with Gasteiger partial charge in [0.25, 0.3) is 11.2 Å². The first kappa shape index (κ1) is 22.2. The van der Waals surface area contributed by atoms with Gasteiger partial charge in [-0.15, -0.1) is 11.8 Å². The highest BCUT2D eigenvalue weighted by molar-refractivity contribution is 7.98. The summed E-state index contributed by atoms with van der Waals surface area (Å²) in [5.74, 6) is 1.35. The molecule has 0 atom stereocenters. The first-order chi connectivity index (χ1) is 15.8. The van der Waals surface area contributed by atoms with Gasteiger partial charge < -0.3 is 4.74 Å². The summed E-state index contributed by atoms with van der Waals surface area (Å²) in [6, 6.07) is 13.4. The molecule has 0 saturated heterocycles. The molecule has 11 heteroatoms. The number of aryl methyl sites for hydroxylation is 1. The van der Waals surface area contributed by atoms with Gasteiger partial charge in [0.15, 0.2) is 11.5 Å². The second kappa shape index (κ2) is 8.87. The van der Waals surface area contributed by atoms with E-state index in [1.807, 2.05) is 0 Å². The van der Waals surface area contributed by atoms with Gasteiger partial charge in [-0.25, -0.2) is 14.8 Å². The van der Waals surface area contributed by atoms with Crippen LogP contribution in [0.3, 0.4) is 0 Å². The molecule has 0 N–H and O–H groups in total. The van der Waals surface area contributed by atoms with Crippen molar-refractivity contribution >= 4 is 28.5 Å². The van der Waals surface area contributed by atoms with Crippen LogP contribution in [-0.2, 0) is 19.8 Å². The summed E-state index contributed by atoms with van der Waals surface area (Å²) in [6.07, 6.45) is 0. The Labute approximate surface area is 191 Å². The molecule has 4 aromatic rings. The monoisotopic (exact) mass is 465 g/mol. The minimum Gasteiger partial charge on any atom is -0.497 e. The Morgan fingerprint density at radius 3 is 2.45 bits per heavy atom. The molecule has 4 rings (SSSR count). The average Bonchev–Trinajstić information content (AvgIpc) is 2.84. The molecule has 33 heavy (non-hydrogen) atoms. The minimum atomic E-state index is -0.504. The van der Waals surface area contributed by atoms with Crippen LogP contribution in [0.5, 0.6) is 5.75 Å². The predicted molar refractivity (Wildman–Crippen MR) is 125 cm³/mol. The lowest BCUT2D eigenvalue weighted by atomic mass is 10.2. The molecule has 2 aromatic heterocycles. The maximum Gasteiger partial charge on any atom is 0.332 e. The molecule has 0 saturated carbocycles. The average molecular weight is 465 g/mol. The molecule has 168 valence electrons. The maximum atomic E-state index is 13.0. The van der Waals surface area contributed by atoms with E-state index in [4.69, 9.17) is 4.74 Å². The van der Waals surface area contributed by atoms with Crippen molar-refractivity contribution < 1.29 is 9.66 Å². The first-order valence-corrected chi connectivity index (χ1v) is 10.8. The lowest BCUT2D eigenvalue weighted by molar-refractivity contribution is -0.384. The number of nitrogens with zero attached hydrogens (tertiary/aromatic N) is 5. The quantitative estimate of drug-likeness (QED) is 0.184. The SMILES string of the molecule is COc1ccc(-c2nc(SCc3cccc([N+](=O)[O-])c3)c3c(=O)n(C)c(=O)n(C)c3n2)cc1. The molecule has 0 aliphatic rings. The van der Waals surface area contributed by atoms with Gasteiger partial charge in [-0.1, -0.05) is 12.1 Å². The fourth-order valence-corrected chi connectivity index (χ4v) is 4.27. The van der Waals surface area contributed by atoms with E-state index in [1.165, 1.54) is 35.5 Å². The number of non-ortho nitro benzene ring substituents is 1. The number of fused-ring (bicyclic) bond motifs is 1. The van der Waals surface area contributed by atoms with Crippen LogP contribution in [-0.4, -0.2) is 31.1 Å². The second-order valence-corrected chi connectivity index (χ2v) is 8.16. The third-order valence-electron chi connectivity index (χ3n) is 5.11. The van der Waals surface area contributed by atoms with Gasteiger partial charge >= 0.3 is 5.69 Å². The van der Waals surface area contributed by atoms with Crippen molar-refractivity contribution in [2.45, 2.75) is 10.8 Å². The van der Waals surface area contributed by atoms with Crippen LogP contribution < -0.4 is 16.0 Å². The molecule has 0 unspecified atom stereocenters. The van der Waals surface area contributed by atoms with E-state index in [9.17, 15) is 19.7 Å². The van der Waals surface area contributed by atoms with Crippen LogP contribution in [0, 0.1) is 10.1 Å². The van der Waals surface area contributed by atoms with Gasteiger partial charge in [-0.05, 0) is 29.8 Å².